The van der Waals surface area contributed by atoms with Gasteiger partial charge in [0.25, 0.3) is 0 Å². The van der Waals surface area contributed by atoms with Crippen molar-refractivity contribution in [2.45, 2.75) is 38.3 Å². The number of aryl methyl sites for hydroxylation is 1. The molecule has 0 aromatic carbocycles. The normalized spacial score (nSPS) is 19.4. The summed E-state index contributed by atoms with van der Waals surface area (Å²) in [6.07, 6.45) is 3.16. The van der Waals surface area contributed by atoms with Gasteiger partial charge in [0.15, 0.2) is 0 Å². The zero-order valence-corrected chi connectivity index (χ0v) is 11.9. The van der Waals surface area contributed by atoms with Gasteiger partial charge in [-0.25, -0.2) is 0 Å². The Kier molecular flexibility index (Phi) is 4.86. The van der Waals surface area contributed by atoms with Gasteiger partial charge in [0, 0.05) is 40.9 Å². The Hall–Kier alpha value is -0.0900. The minimum Gasteiger partial charge on any atom is -0.381 e. The van der Waals surface area contributed by atoms with Crippen molar-refractivity contribution in [1.29, 1.82) is 0 Å². The molecule has 2 nitrogen and oxygen atoms in total. The molecule has 1 N–H and O–H groups in total. The van der Waals surface area contributed by atoms with Gasteiger partial charge in [-0.05, 0) is 31.4 Å². The monoisotopic (exact) mass is 273 g/mol. The lowest BCUT2D eigenvalue weighted by Gasteiger charge is -2.36. The van der Waals surface area contributed by atoms with Crippen molar-refractivity contribution in [3.8, 4) is 0 Å². The number of hydrogen-bond donors (Lipinski definition) is 1. The van der Waals surface area contributed by atoms with E-state index in [-0.39, 0.29) is 5.54 Å². The number of rotatable bonds is 5. The Bertz CT molecular complexity index is 347. The van der Waals surface area contributed by atoms with Gasteiger partial charge in [-0.1, -0.05) is 6.92 Å². The molecule has 0 unspecified atom stereocenters. The molecule has 0 spiro atoms. The summed E-state index contributed by atoms with van der Waals surface area (Å²) in [4.78, 5) is 2.85. The predicted octanol–water partition coefficient (Wildman–Crippen LogP) is 3.19. The number of alkyl halides is 1. The Morgan fingerprint density at radius 1 is 1.35 bits per heavy atom. The summed E-state index contributed by atoms with van der Waals surface area (Å²) in [6, 6.07) is 4.44. The first-order chi connectivity index (χ1) is 8.28. The molecule has 1 aliphatic rings. The highest BCUT2D eigenvalue weighted by atomic mass is 35.5. The highest BCUT2D eigenvalue weighted by Gasteiger charge is 2.31. The molecule has 17 heavy (non-hydrogen) atoms. The topological polar surface area (TPSA) is 21.3 Å². The fourth-order valence-corrected chi connectivity index (χ4v) is 3.36. The Morgan fingerprint density at radius 2 is 2.06 bits per heavy atom. The van der Waals surface area contributed by atoms with E-state index in [2.05, 4.69) is 24.4 Å². The molecule has 96 valence electrons. The smallest absolute Gasteiger partial charge is 0.0484 e. The summed E-state index contributed by atoms with van der Waals surface area (Å²) in [5.74, 6) is 0.669. The molecule has 0 radical (unpaired) electrons. The predicted molar refractivity (Wildman–Crippen MR) is 74.0 cm³/mol. The van der Waals surface area contributed by atoms with Crippen LogP contribution in [0.4, 0.5) is 0 Å². The standard InChI is InChI=1S/C13H20ClNOS/c1-2-11-3-4-12(17-11)9-15-13(10-14)5-7-16-8-6-13/h3-4,15H,2,5-10H2,1H3. The van der Waals surface area contributed by atoms with E-state index in [0.29, 0.717) is 5.88 Å². The van der Waals surface area contributed by atoms with Crippen LogP contribution in [0.1, 0.15) is 29.5 Å². The lowest BCUT2D eigenvalue weighted by Crippen LogP contribution is -2.50. The fourth-order valence-electron chi connectivity index (χ4n) is 2.10. The molecule has 0 amide bonds. The summed E-state index contributed by atoms with van der Waals surface area (Å²) >= 11 is 8.01. The summed E-state index contributed by atoms with van der Waals surface area (Å²) < 4.78 is 5.40. The second-order valence-corrected chi connectivity index (χ2v) is 6.12. The van der Waals surface area contributed by atoms with Crippen molar-refractivity contribution in [3.63, 3.8) is 0 Å². The molecule has 1 aromatic rings. The van der Waals surface area contributed by atoms with Crippen LogP contribution in [-0.2, 0) is 17.7 Å². The molecule has 4 heteroatoms. The van der Waals surface area contributed by atoms with Crippen LogP contribution in [-0.4, -0.2) is 24.6 Å². The van der Waals surface area contributed by atoms with Gasteiger partial charge in [-0.15, -0.1) is 22.9 Å². The zero-order chi connectivity index (χ0) is 12.1. The van der Waals surface area contributed by atoms with Gasteiger partial charge >= 0.3 is 0 Å². The third-order valence-corrected chi connectivity index (χ3v) is 5.15. The molecule has 0 aliphatic carbocycles. The van der Waals surface area contributed by atoms with Crippen molar-refractivity contribution in [2.75, 3.05) is 19.1 Å². The van der Waals surface area contributed by atoms with E-state index in [1.165, 1.54) is 9.75 Å². The maximum atomic E-state index is 6.12. The van der Waals surface area contributed by atoms with Crippen LogP contribution in [0.2, 0.25) is 0 Å². The number of halogens is 1. The van der Waals surface area contributed by atoms with Gasteiger partial charge in [-0.3, -0.25) is 0 Å². The fraction of sp³-hybridized carbons (Fsp3) is 0.692. The Morgan fingerprint density at radius 3 is 2.65 bits per heavy atom. The summed E-state index contributed by atoms with van der Waals surface area (Å²) in [5.41, 5.74) is 0.0795. The Balaban J connectivity index is 1.90. The molecular weight excluding hydrogens is 254 g/mol. The average molecular weight is 274 g/mol. The first kappa shape index (κ1) is 13.3. The van der Waals surface area contributed by atoms with Gasteiger partial charge in [-0.2, -0.15) is 0 Å². The number of hydrogen-bond acceptors (Lipinski definition) is 3. The minimum absolute atomic E-state index is 0.0795. The maximum Gasteiger partial charge on any atom is 0.0484 e. The molecule has 0 atom stereocenters. The van der Waals surface area contributed by atoms with Crippen molar-refractivity contribution >= 4 is 22.9 Å². The summed E-state index contributed by atoms with van der Waals surface area (Å²) in [6.45, 7) is 4.77. The van der Waals surface area contributed by atoms with Gasteiger partial charge in [0.1, 0.15) is 0 Å². The van der Waals surface area contributed by atoms with Crippen LogP contribution in [0, 0.1) is 0 Å². The van der Waals surface area contributed by atoms with E-state index in [1.54, 1.807) is 0 Å². The minimum atomic E-state index is 0.0795. The first-order valence-corrected chi connectivity index (χ1v) is 7.59. The van der Waals surface area contributed by atoms with Gasteiger partial charge in [0.2, 0.25) is 0 Å². The number of thiophene rings is 1. The Labute approximate surface area is 112 Å². The van der Waals surface area contributed by atoms with E-state index >= 15 is 0 Å². The van der Waals surface area contributed by atoms with E-state index in [4.69, 9.17) is 16.3 Å². The van der Waals surface area contributed by atoms with Gasteiger partial charge in [0.05, 0.1) is 0 Å². The van der Waals surface area contributed by atoms with Crippen LogP contribution in [0.5, 0.6) is 0 Å². The second-order valence-electron chi connectivity index (χ2n) is 4.60. The molecule has 1 aliphatic heterocycles. The highest BCUT2D eigenvalue weighted by Crippen LogP contribution is 2.24. The molecule has 0 bridgehead atoms. The number of ether oxygens (including phenoxy) is 1. The lowest BCUT2D eigenvalue weighted by molar-refractivity contribution is 0.0460. The van der Waals surface area contributed by atoms with Crippen molar-refractivity contribution in [2.24, 2.45) is 0 Å². The van der Waals surface area contributed by atoms with Crippen LogP contribution in [0.15, 0.2) is 12.1 Å². The maximum absolute atomic E-state index is 6.12. The second kappa shape index (κ2) is 6.19. The molecule has 2 heterocycles. The summed E-state index contributed by atoms with van der Waals surface area (Å²) in [7, 11) is 0. The van der Waals surface area contributed by atoms with E-state index < -0.39 is 0 Å². The van der Waals surface area contributed by atoms with Crippen molar-refractivity contribution in [1.82, 2.24) is 5.32 Å². The molecule has 1 saturated heterocycles. The first-order valence-electron chi connectivity index (χ1n) is 6.24. The van der Waals surface area contributed by atoms with Crippen LogP contribution < -0.4 is 5.32 Å². The molecule has 2 rings (SSSR count). The molecule has 0 saturated carbocycles. The van der Waals surface area contributed by atoms with Crippen LogP contribution in [0.25, 0.3) is 0 Å². The quantitative estimate of drug-likeness (QED) is 0.832. The molecule has 1 aromatic heterocycles. The summed E-state index contributed by atoms with van der Waals surface area (Å²) in [5, 5.41) is 3.64. The zero-order valence-electron chi connectivity index (χ0n) is 10.3. The van der Waals surface area contributed by atoms with Crippen LogP contribution in [0.3, 0.4) is 0 Å². The van der Waals surface area contributed by atoms with Gasteiger partial charge < -0.3 is 10.1 Å². The third kappa shape index (κ3) is 3.44. The van der Waals surface area contributed by atoms with Crippen LogP contribution >= 0.6 is 22.9 Å². The van der Waals surface area contributed by atoms with E-state index in [9.17, 15) is 0 Å². The molecule has 1 fully saturated rings. The SMILES string of the molecule is CCc1ccc(CNC2(CCl)CCOCC2)s1. The molecular formula is C13H20ClNOS. The highest BCUT2D eigenvalue weighted by molar-refractivity contribution is 7.11. The average Bonchev–Trinajstić information content (AvgIpc) is 2.85. The number of nitrogens with one attached hydrogen (secondary N) is 1. The van der Waals surface area contributed by atoms with E-state index in [0.717, 1.165) is 39.0 Å². The largest absolute Gasteiger partial charge is 0.381 e. The lowest BCUT2D eigenvalue weighted by atomic mass is 9.92. The van der Waals surface area contributed by atoms with Crippen molar-refractivity contribution < 1.29 is 4.74 Å². The van der Waals surface area contributed by atoms with Crippen molar-refractivity contribution in [3.05, 3.63) is 21.9 Å². The van der Waals surface area contributed by atoms with E-state index in [1.807, 2.05) is 11.3 Å². The third-order valence-electron chi connectivity index (χ3n) is 3.41.